The van der Waals surface area contributed by atoms with Gasteiger partial charge < -0.3 is 9.90 Å². The van der Waals surface area contributed by atoms with E-state index in [0.29, 0.717) is 9.40 Å². The molecule has 62 valence electrons. The average Bonchev–Trinajstić information content (AvgIpc) is 2.42. The molecule has 0 saturated heterocycles. The molecule has 0 spiro atoms. The van der Waals surface area contributed by atoms with Crippen molar-refractivity contribution in [3.63, 3.8) is 0 Å². The number of halogens is 1. The van der Waals surface area contributed by atoms with Crippen LogP contribution >= 0.6 is 22.7 Å². The second-order valence-electron chi connectivity index (χ2n) is 2.18. The van der Waals surface area contributed by atoms with Gasteiger partial charge in [-0.2, -0.15) is 4.39 Å². The number of rotatable bonds is 1. The van der Waals surface area contributed by atoms with Crippen molar-refractivity contribution < 1.29 is 14.3 Å². The lowest BCUT2D eigenvalue weighted by molar-refractivity contribution is -0.254. The Kier molecular flexibility index (Phi) is 1.62. The number of carboxylic acid groups (broad SMARTS) is 1. The zero-order valence-corrected chi connectivity index (χ0v) is 7.30. The molecule has 0 aromatic carbocycles. The normalized spacial score (nSPS) is 10.8. The summed E-state index contributed by atoms with van der Waals surface area (Å²) in [5, 5.41) is 10.1. The molecule has 0 atom stereocenters. The fourth-order valence-electron chi connectivity index (χ4n) is 0.907. The van der Waals surface area contributed by atoms with Crippen LogP contribution in [0.25, 0.3) is 9.40 Å². The van der Waals surface area contributed by atoms with E-state index in [1.165, 1.54) is 12.1 Å². The Hall–Kier alpha value is -0.940. The van der Waals surface area contributed by atoms with Crippen LogP contribution in [0.1, 0.15) is 9.67 Å². The quantitative estimate of drug-likeness (QED) is 0.700. The summed E-state index contributed by atoms with van der Waals surface area (Å²) in [4.78, 5) is 10.5. The first-order valence-corrected chi connectivity index (χ1v) is 4.70. The molecular weight excluding hydrogens is 199 g/mol. The maximum absolute atomic E-state index is 12.5. The Morgan fingerprint density at radius 2 is 2.00 bits per heavy atom. The maximum Gasteiger partial charge on any atom is 0.178 e. The van der Waals surface area contributed by atoms with Gasteiger partial charge in [-0.3, -0.25) is 0 Å². The van der Waals surface area contributed by atoms with Gasteiger partial charge in [-0.05, 0) is 6.07 Å². The third-order valence-electron chi connectivity index (χ3n) is 1.38. The molecule has 0 N–H and O–H groups in total. The van der Waals surface area contributed by atoms with Gasteiger partial charge in [0.1, 0.15) is 0 Å². The molecular formula is C7H2FO2S2-. The Balaban J connectivity index is 2.64. The maximum atomic E-state index is 12.5. The highest BCUT2D eigenvalue weighted by molar-refractivity contribution is 7.27. The number of aromatic carboxylic acids is 1. The van der Waals surface area contributed by atoms with Gasteiger partial charge in [0.25, 0.3) is 0 Å². The summed E-state index contributed by atoms with van der Waals surface area (Å²) >= 11 is 1.98. The van der Waals surface area contributed by atoms with Crippen molar-refractivity contribution in [2.24, 2.45) is 0 Å². The molecule has 2 aromatic rings. The molecule has 12 heavy (non-hydrogen) atoms. The zero-order chi connectivity index (χ0) is 8.72. The van der Waals surface area contributed by atoms with Gasteiger partial charge in [0, 0.05) is 15.5 Å². The monoisotopic (exact) mass is 201 g/mol. The summed E-state index contributed by atoms with van der Waals surface area (Å²) < 4.78 is 13.9. The predicted octanol–water partition coefficient (Wildman–Crippen LogP) is 1.47. The summed E-state index contributed by atoms with van der Waals surface area (Å²) in [6.07, 6.45) is 0. The molecule has 2 heterocycles. The Labute approximate surface area is 74.9 Å². The number of carboxylic acids is 1. The SMILES string of the molecule is O=C([O-])c1cc2sc(F)cc2s1. The van der Waals surface area contributed by atoms with Gasteiger partial charge in [-0.15, -0.1) is 22.7 Å². The third kappa shape index (κ3) is 1.11. The molecule has 2 aromatic heterocycles. The highest BCUT2D eigenvalue weighted by atomic mass is 32.1. The minimum Gasteiger partial charge on any atom is -0.544 e. The van der Waals surface area contributed by atoms with Gasteiger partial charge in [0.2, 0.25) is 0 Å². The molecule has 0 aliphatic rings. The van der Waals surface area contributed by atoms with E-state index < -0.39 is 5.97 Å². The van der Waals surface area contributed by atoms with Gasteiger partial charge >= 0.3 is 0 Å². The lowest BCUT2D eigenvalue weighted by Gasteiger charge is -1.92. The molecule has 2 nitrogen and oxygen atoms in total. The minimum absolute atomic E-state index is 0.149. The van der Waals surface area contributed by atoms with Crippen LogP contribution < -0.4 is 5.11 Å². The Morgan fingerprint density at radius 1 is 1.33 bits per heavy atom. The molecule has 2 rings (SSSR count). The first-order chi connectivity index (χ1) is 5.66. The van der Waals surface area contributed by atoms with Crippen LogP contribution in [0.2, 0.25) is 0 Å². The molecule has 5 heteroatoms. The third-order valence-corrected chi connectivity index (χ3v) is 3.44. The van der Waals surface area contributed by atoms with Crippen molar-refractivity contribution in [2.75, 3.05) is 0 Å². The van der Waals surface area contributed by atoms with Crippen LogP contribution in [0.5, 0.6) is 0 Å². The fraction of sp³-hybridized carbons (Fsp3) is 0. The van der Waals surface area contributed by atoms with Crippen LogP contribution in [0.4, 0.5) is 4.39 Å². The standard InChI is InChI=1S/C7H3FO2S2/c8-6-2-4-3(12-6)1-5(11-4)7(9)10/h1-2H,(H,9,10)/p-1. The molecule has 0 aliphatic carbocycles. The van der Waals surface area contributed by atoms with E-state index in [9.17, 15) is 14.3 Å². The number of hydrogen-bond acceptors (Lipinski definition) is 4. The van der Waals surface area contributed by atoms with Crippen LogP contribution in [-0.2, 0) is 0 Å². The largest absolute Gasteiger partial charge is 0.544 e. The average molecular weight is 201 g/mol. The molecule has 0 radical (unpaired) electrons. The Bertz CT molecular complexity index is 412. The molecule has 0 aliphatic heterocycles. The topological polar surface area (TPSA) is 40.1 Å². The van der Waals surface area contributed by atoms with Gasteiger partial charge in [0.15, 0.2) is 5.13 Å². The van der Waals surface area contributed by atoms with Gasteiger partial charge in [-0.1, -0.05) is 0 Å². The molecule has 0 saturated carbocycles. The van der Waals surface area contributed by atoms with Crippen molar-refractivity contribution in [3.05, 3.63) is 22.1 Å². The minimum atomic E-state index is -1.20. The van der Waals surface area contributed by atoms with E-state index in [0.717, 1.165) is 22.7 Å². The van der Waals surface area contributed by atoms with Crippen molar-refractivity contribution >= 4 is 38.0 Å². The van der Waals surface area contributed by atoms with E-state index in [1.807, 2.05) is 0 Å². The summed E-state index contributed by atoms with van der Waals surface area (Å²) in [6, 6.07) is 2.76. The Morgan fingerprint density at radius 3 is 2.58 bits per heavy atom. The van der Waals surface area contributed by atoms with Crippen LogP contribution in [0, 0.1) is 5.13 Å². The highest BCUT2D eigenvalue weighted by Gasteiger charge is 2.06. The highest BCUT2D eigenvalue weighted by Crippen LogP contribution is 2.31. The number of carbonyl (C=O) groups excluding carboxylic acids is 1. The fourth-order valence-corrected chi connectivity index (χ4v) is 2.85. The molecule has 0 amide bonds. The second kappa shape index (κ2) is 2.53. The summed E-state index contributed by atoms with van der Waals surface area (Å²) in [5.74, 6) is -1.20. The summed E-state index contributed by atoms with van der Waals surface area (Å²) in [7, 11) is 0. The molecule has 0 bridgehead atoms. The second-order valence-corrected chi connectivity index (χ2v) is 4.29. The van der Waals surface area contributed by atoms with E-state index in [-0.39, 0.29) is 10.0 Å². The van der Waals surface area contributed by atoms with Crippen LogP contribution in [0.3, 0.4) is 0 Å². The summed E-state index contributed by atoms with van der Waals surface area (Å²) in [6.45, 7) is 0. The van der Waals surface area contributed by atoms with Crippen molar-refractivity contribution in [2.45, 2.75) is 0 Å². The number of hydrogen-bond donors (Lipinski definition) is 0. The first kappa shape index (κ1) is 7.70. The summed E-state index contributed by atoms with van der Waals surface area (Å²) in [5.41, 5.74) is 0. The van der Waals surface area contributed by atoms with E-state index in [1.54, 1.807) is 0 Å². The van der Waals surface area contributed by atoms with Crippen molar-refractivity contribution in [1.29, 1.82) is 0 Å². The lowest BCUT2D eigenvalue weighted by atomic mass is 10.4. The lowest BCUT2D eigenvalue weighted by Crippen LogP contribution is -2.20. The van der Waals surface area contributed by atoms with Gasteiger partial charge in [0.05, 0.1) is 10.8 Å². The van der Waals surface area contributed by atoms with E-state index in [2.05, 4.69) is 0 Å². The number of carbonyl (C=O) groups is 1. The first-order valence-electron chi connectivity index (χ1n) is 3.07. The van der Waals surface area contributed by atoms with Crippen molar-refractivity contribution in [3.8, 4) is 0 Å². The number of thiophene rings is 2. The smallest absolute Gasteiger partial charge is 0.178 e. The van der Waals surface area contributed by atoms with Crippen molar-refractivity contribution in [1.82, 2.24) is 0 Å². The van der Waals surface area contributed by atoms with Crippen LogP contribution in [-0.4, -0.2) is 5.97 Å². The van der Waals surface area contributed by atoms with Crippen LogP contribution in [0.15, 0.2) is 12.1 Å². The number of fused-ring (bicyclic) bond motifs is 1. The van der Waals surface area contributed by atoms with E-state index in [4.69, 9.17) is 0 Å². The van der Waals surface area contributed by atoms with Gasteiger partial charge in [-0.25, -0.2) is 0 Å². The zero-order valence-electron chi connectivity index (χ0n) is 5.67. The van der Waals surface area contributed by atoms with E-state index >= 15 is 0 Å². The molecule has 0 fully saturated rings. The predicted molar refractivity (Wildman–Crippen MR) is 44.0 cm³/mol. The molecule has 0 unspecified atom stereocenters.